The molecule has 1 aromatic heterocycles. The van der Waals surface area contributed by atoms with Gasteiger partial charge in [-0.05, 0) is 37.4 Å². The molecule has 3 N–H and O–H groups in total. The molecule has 1 aromatic rings. The first kappa shape index (κ1) is 14.8. The van der Waals surface area contributed by atoms with E-state index >= 15 is 0 Å². The van der Waals surface area contributed by atoms with E-state index in [2.05, 4.69) is 22.0 Å². The van der Waals surface area contributed by atoms with Crippen molar-refractivity contribution in [2.45, 2.75) is 51.6 Å². The highest BCUT2D eigenvalue weighted by Crippen LogP contribution is 2.22. The zero-order valence-electron chi connectivity index (χ0n) is 12.1. The Balaban J connectivity index is 2.19. The smallest absolute Gasteiger partial charge is 0.189 e. The van der Waals surface area contributed by atoms with Gasteiger partial charge in [0, 0.05) is 18.8 Å². The van der Waals surface area contributed by atoms with Crippen molar-refractivity contribution in [2.24, 2.45) is 10.9 Å². The molecule has 5 heteroatoms. The lowest BCUT2D eigenvalue weighted by Gasteiger charge is -2.29. The van der Waals surface area contributed by atoms with Gasteiger partial charge in [-0.2, -0.15) is 0 Å². The summed E-state index contributed by atoms with van der Waals surface area (Å²) in [6.07, 6.45) is 7.98. The first-order valence-electron chi connectivity index (χ1n) is 7.42. The fourth-order valence-corrected chi connectivity index (χ4v) is 2.97. The molecule has 20 heavy (non-hydrogen) atoms. The summed E-state index contributed by atoms with van der Waals surface area (Å²) >= 11 is 0. The molecule has 1 aliphatic heterocycles. The van der Waals surface area contributed by atoms with Crippen LogP contribution >= 0.6 is 0 Å². The molecule has 1 atom stereocenters. The monoisotopic (exact) mass is 276 g/mol. The summed E-state index contributed by atoms with van der Waals surface area (Å²) in [6.45, 7) is 4.18. The van der Waals surface area contributed by atoms with Crippen LogP contribution in [-0.2, 0) is 6.54 Å². The normalized spacial score (nSPS) is 21.6. The number of aromatic nitrogens is 1. The zero-order chi connectivity index (χ0) is 14.4. The van der Waals surface area contributed by atoms with Gasteiger partial charge in [0.25, 0.3) is 0 Å². The lowest BCUT2D eigenvalue weighted by atomic mass is 10.1. The van der Waals surface area contributed by atoms with Crippen molar-refractivity contribution in [3.63, 3.8) is 0 Å². The highest BCUT2D eigenvalue weighted by molar-refractivity contribution is 5.96. The van der Waals surface area contributed by atoms with Crippen LogP contribution in [0.25, 0.3) is 0 Å². The highest BCUT2D eigenvalue weighted by atomic mass is 16.4. The first-order chi connectivity index (χ1) is 9.76. The largest absolute Gasteiger partial charge is 0.409 e. The molecule has 0 spiro atoms. The van der Waals surface area contributed by atoms with Crippen LogP contribution in [0, 0.1) is 0 Å². The van der Waals surface area contributed by atoms with E-state index in [-0.39, 0.29) is 5.84 Å². The first-order valence-corrected chi connectivity index (χ1v) is 7.42. The molecule has 1 unspecified atom stereocenters. The average molecular weight is 276 g/mol. The lowest BCUT2D eigenvalue weighted by Crippen LogP contribution is -2.34. The van der Waals surface area contributed by atoms with E-state index in [4.69, 9.17) is 10.9 Å². The fraction of sp³-hybridized carbons (Fsp3) is 0.600. The van der Waals surface area contributed by atoms with Crippen molar-refractivity contribution < 1.29 is 5.21 Å². The molecule has 0 saturated carbocycles. The van der Waals surface area contributed by atoms with Crippen LogP contribution in [0.15, 0.2) is 23.5 Å². The second-order valence-electron chi connectivity index (χ2n) is 5.38. The molecule has 0 aliphatic carbocycles. The van der Waals surface area contributed by atoms with Gasteiger partial charge in [-0.1, -0.05) is 31.0 Å². The Bertz CT molecular complexity index is 461. The summed E-state index contributed by atoms with van der Waals surface area (Å²) in [5.41, 5.74) is 7.34. The Labute approximate surface area is 120 Å². The molecule has 0 amide bonds. The molecule has 2 rings (SSSR count). The van der Waals surface area contributed by atoms with Crippen molar-refractivity contribution in [3.05, 3.63) is 29.6 Å². The maximum absolute atomic E-state index is 8.87. The van der Waals surface area contributed by atoms with E-state index in [0.29, 0.717) is 11.7 Å². The summed E-state index contributed by atoms with van der Waals surface area (Å²) in [5.74, 6) is 0.0865. The third-order valence-corrected chi connectivity index (χ3v) is 4.09. The van der Waals surface area contributed by atoms with Gasteiger partial charge in [0.05, 0.1) is 0 Å². The number of nitrogens with zero attached hydrogens (tertiary/aromatic N) is 3. The lowest BCUT2D eigenvalue weighted by molar-refractivity contribution is 0.186. The van der Waals surface area contributed by atoms with E-state index in [1.807, 2.05) is 12.1 Å². The Morgan fingerprint density at radius 2 is 2.35 bits per heavy atom. The Kier molecular flexibility index (Phi) is 5.35. The second kappa shape index (κ2) is 7.24. The average Bonchev–Trinajstić information content (AvgIpc) is 2.72. The molecule has 0 aromatic carbocycles. The Hall–Kier alpha value is -1.62. The van der Waals surface area contributed by atoms with Gasteiger partial charge in [0.1, 0.15) is 5.69 Å². The van der Waals surface area contributed by atoms with Gasteiger partial charge in [0.2, 0.25) is 0 Å². The highest BCUT2D eigenvalue weighted by Gasteiger charge is 2.21. The third kappa shape index (κ3) is 3.48. The standard InChI is InChI=1S/C15H24N4O/c1-2-13-8-4-3-5-10-19(13)11-12-7-6-9-17-14(12)15(16)18-20/h6-7,9,13,20H,2-5,8,10-11H2,1H3,(H2,16,18). The predicted octanol–water partition coefficient (Wildman–Crippen LogP) is 2.33. The minimum absolute atomic E-state index is 0.0865. The van der Waals surface area contributed by atoms with Crippen LogP contribution < -0.4 is 5.73 Å². The number of amidine groups is 1. The number of nitrogens with two attached hydrogens (primary N) is 1. The second-order valence-corrected chi connectivity index (χ2v) is 5.38. The minimum Gasteiger partial charge on any atom is -0.409 e. The van der Waals surface area contributed by atoms with Gasteiger partial charge in [-0.3, -0.25) is 9.88 Å². The van der Waals surface area contributed by atoms with Gasteiger partial charge in [-0.15, -0.1) is 0 Å². The minimum atomic E-state index is 0.0865. The Morgan fingerprint density at radius 1 is 1.50 bits per heavy atom. The maximum Gasteiger partial charge on any atom is 0.189 e. The quantitative estimate of drug-likeness (QED) is 0.383. The molecule has 2 heterocycles. The number of oxime groups is 1. The fourth-order valence-electron chi connectivity index (χ4n) is 2.97. The van der Waals surface area contributed by atoms with E-state index in [1.165, 1.54) is 32.1 Å². The summed E-state index contributed by atoms with van der Waals surface area (Å²) in [6, 6.07) is 4.54. The van der Waals surface area contributed by atoms with E-state index < -0.39 is 0 Å². The van der Waals surface area contributed by atoms with Crippen molar-refractivity contribution in [1.29, 1.82) is 0 Å². The van der Waals surface area contributed by atoms with Crippen molar-refractivity contribution in [3.8, 4) is 0 Å². The maximum atomic E-state index is 8.87. The van der Waals surface area contributed by atoms with Gasteiger partial charge >= 0.3 is 0 Å². The van der Waals surface area contributed by atoms with Crippen molar-refractivity contribution in [1.82, 2.24) is 9.88 Å². The summed E-state index contributed by atoms with van der Waals surface area (Å²) in [4.78, 5) is 6.76. The molecule has 0 radical (unpaired) electrons. The van der Waals surface area contributed by atoms with Crippen LogP contribution in [-0.4, -0.2) is 33.5 Å². The molecular formula is C15H24N4O. The number of hydrogen-bond acceptors (Lipinski definition) is 4. The molecule has 1 saturated heterocycles. The SMILES string of the molecule is CCC1CCCCCN1Cc1cccnc1/C(N)=N/O. The van der Waals surface area contributed by atoms with Gasteiger partial charge in [0.15, 0.2) is 5.84 Å². The predicted molar refractivity (Wildman–Crippen MR) is 79.7 cm³/mol. The molecule has 1 fully saturated rings. The van der Waals surface area contributed by atoms with E-state index in [9.17, 15) is 0 Å². The van der Waals surface area contributed by atoms with Gasteiger partial charge in [-0.25, -0.2) is 0 Å². The molecule has 110 valence electrons. The van der Waals surface area contributed by atoms with Gasteiger partial charge < -0.3 is 10.9 Å². The van der Waals surface area contributed by atoms with Crippen LogP contribution in [0.1, 0.15) is 50.3 Å². The van der Waals surface area contributed by atoms with Crippen molar-refractivity contribution >= 4 is 5.84 Å². The van der Waals surface area contributed by atoms with Crippen LogP contribution in [0.2, 0.25) is 0 Å². The van der Waals surface area contributed by atoms with Crippen LogP contribution in [0.5, 0.6) is 0 Å². The molecular weight excluding hydrogens is 252 g/mol. The third-order valence-electron chi connectivity index (χ3n) is 4.09. The topological polar surface area (TPSA) is 74.7 Å². The zero-order valence-corrected chi connectivity index (χ0v) is 12.1. The molecule has 1 aliphatic rings. The van der Waals surface area contributed by atoms with Crippen molar-refractivity contribution in [2.75, 3.05) is 6.54 Å². The Morgan fingerprint density at radius 3 is 3.10 bits per heavy atom. The van der Waals surface area contributed by atoms with Crippen LogP contribution in [0.3, 0.4) is 0 Å². The molecule has 0 bridgehead atoms. The number of rotatable bonds is 4. The summed E-state index contributed by atoms with van der Waals surface area (Å²) in [7, 11) is 0. The summed E-state index contributed by atoms with van der Waals surface area (Å²) < 4.78 is 0. The number of likely N-dealkylation sites (tertiary alicyclic amines) is 1. The summed E-state index contributed by atoms with van der Waals surface area (Å²) in [5, 5.41) is 12.0. The molecule has 5 nitrogen and oxygen atoms in total. The number of pyridine rings is 1. The van der Waals surface area contributed by atoms with Crippen LogP contribution in [0.4, 0.5) is 0 Å². The van der Waals surface area contributed by atoms with E-state index in [1.54, 1.807) is 6.20 Å². The van der Waals surface area contributed by atoms with E-state index in [0.717, 1.165) is 18.7 Å². The number of hydrogen-bond donors (Lipinski definition) is 2.